The van der Waals surface area contributed by atoms with E-state index in [-0.39, 0.29) is 18.1 Å². The molecule has 0 unspecified atom stereocenters. The zero-order chi connectivity index (χ0) is 20.9. The molecule has 1 N–H and O–H groups in total. The van der Waals surface area contributed by atoms with Crippen LogP contribution in [0, 0.1) is 0 Å². The molecule has 1 aromatic carbocycles. The zero-order valence-corrected chi connectivity index (χ0v) is 18.2. The highest BCUT2D eigenvalue weighted by atomic mass is 35.5. The molecule has 0 radical (unpaired) electrons. The van der Waals surface area contributed by atoms with Gasteiger partial charge in [-0.2, -0.15) is 0 Å². The van der Waals surface area contributed by atoms with Gasteiger partial charge >= 0.3 is 5.69 Å². The molecule has 0 bridgehead atoms. The van der Waals surface area contributed by atoms with Crippen LogP contribution in [0.4, 0.5) is 0 Å². The summed E-state index contributed by atoms with van der Waals surface area (Å²) in [6.07, 6.45) is 3.88. The third-order valence-electron chi connectivity index (χ3n) is 4.33. The minimum Gasteiger partial charge on any atom is -0.354 e. The van der Waals surface area contributed by atoms with Gasteiger partial charge in [-0.25, -0.2) is 18.9 Å². The lowest BCUT2D eigenvalue weighted by Gasteiger charge is -2.03. The number of nitrogens with one attached hydrogen (secondary N) is 1. The number of aromatic nitrogens is 4. The number of carbonyl (C=O) groups is 1. The quantitative estimate of drug-likeness (QED) is 0.409. The van der Waals surface area contributed by atoms with Crippen LogP contribution in [0.2, 0.25) is 5.02 Å². The number of hydrogen-bond acceptors (Lipinski definition) is 6. The Hall–Kier alpha value is -2.62. The number of rotatable bonds is 8. The first-order chi connectivity index (χ1) is 14.6. The zero-order valence-electron chi connectivity index (χ0n) is 15.8. The van der Waals surface area contributed by atoms with Crippen molar-refractivity contribution in [1.82, 2.24) is 24.5 Å². The SMILES string of the molecule is O=C(Cn1nc2c(SCc3ccc(Cl)cc3)nccn2c1=O)NCCc1cccs1. The predicted octanol–water partition coefficient (Wildman–Crippen LogP) is 3.26. The van der Waals surface area contributed by atoms with E-state index in [1.54, 1.807) is 23.7 Å². The fourth-order valence-corrected chi connectivity index (χ4v) is 4.57. The molecular weight excluding hydrogens is 442 g/mol. The van der Waals surface area contributed by atoms with Crippen molar-refractivity contribution in [3.63, 3.8) is 0 Å². The van der Waals surface area contributed by atoms with E-state index in [4.69, 9.17) is 11.6 Å². The molecule has 0 saturated carbocycles. The maximum absolute atomic E-state index is 12.6. The van der Waals surface area contributed by atoms with Gasteiger partial charge in [0.1, 0.15) is 11.6 Å². The van der Waals surface area contributed by atoms with Crippen molar-refractivity contribution in [1.29, 1.82) is 0 Å². The topological polar surface area (TPSA) is 81.3 Å². The number of amides is 1. The van der Waals surface area contributed by atoms with Crippen molar-refractivity contribution in [2.45, 2.75) is 23.7 Å². The first-order valence-electron chi connectivity index (χ1n) is 9.20. The molecule has 1 amide bonds. The summed E-state index contributed by atoms with van der Waals surface area (Å²) in [5.74, 6) is 0.411. The number of halogens is 1. The number of thiophene rings is 1. The lowest BCUT2D eigenvalue weighted by Crippen LogP contribution is -2.33. The molecule has 0 aliphatic carbocycles. The predicted molar refractivity (Wildman–Crippen MR) is 119 cm³/mol. The van der Waals surface area contributed by atoms with Crippen LogP contribution in [0.5, 0.6) is 0 Å². The Morgan fingerprint density at radius 3 is 2.83 bits per heavy atom. The van der Waals surface area contributed by atoms with Crippen LogP contribution >= 0.6 is 34.7 Å². The Morgan fingerprint density at radius 2 is 2.07 bits per heavy atom. The summed E-state index contributed by atoms with van der Waals surface area (Å²) in [4.78, 5) is 30.4. The number of nitrogens with zero attached hydrogens (tertiary/aromatic N) is 4. The molecule has 0 saturated heterocycles. The van der Waals surface area contributed by atoms with E-state index in [9.17, 15) is 9.59 Å². The lowest BCUT2D eigenvalue weighted by molar-refractivity contribution is -0.121. The van der Waals surface area contributed by atoms with Crippen molar-refractivity contribution >= 4 is 46.3 Å². The second kappa shape index (κ2) is 9.46. The Kier molecular flexibility index (Phi) is 6.51. The average Bonchev–Trinajstić information content (AvgIpc) is 3.37. The normalized spacial score (nSPS) is 11.1. The Bertz CT molecular complexity index is 1200. The molecule has 3 aromatic heterocycles. The van der Waals surface area contributed by atoms with Crippen LogP contribution in [0.25, 0.3) is 5.65 Å². The number of fused-ring (bicyclic) bond motifs is 1. The standard InChI is InChI=1S/C20H18ClN5O2S2/c21-15-5-3-14(4-6-15)13-30-19-18-24-26(20(28)25(18)10-9-23-19)12-17(27)22-8-7-16-2-1-11-29-16/h1-6,9-11H,7-8,12-13H2,(H,22,27). The summed E-state index contributed by atoms with van der Waals surface area (Å²) >= 11 is 9.05. The third kappa shape index (κ3) is 4.92. The van der Waals surface area contributed by atoms with Gasteiger partial charge in [-0.3, -0.25) is 4.79 Å². The van der Waals surface area contributed by atoms with E-state index in [2.05, 4.69) is 15.4 Å². The maximum Gasteiger partial charge on any atom is 0.350 e. The van der Waals surface area contributed by atoms with Crippen LogP contribution in [-0.2, 0) is 23.5 Å². The molecule has 7 nitrogen and oxygen atoms in total. The summed E-state index contributed by atoms with van der Waals surface area (Å²) in [5.41, 5.74) is 1.15. The highest BCUT2D eigenvalue weighted by Gasteiger charge is 2.14. The monoisotopic (exact) mass is 459 g/mol. The molecule has 154 valence electrons. The van der Waals surface area contributed by atoms with Crippen molar-refractivity contribution in [2.24, 2.45) is 0 Å². The van der Waals surface area contributed by atoms with Gasteiger partial charge in [0, 0.05) is 34.6 Å². The van der Waals surface area contributed by atoms with E-state index in [1.165, 1.54) is 25.7 Å². The molecular formula is C20H18ClN5O2S2. The molecule has 0 aliphatic heterocycles. The molecule has 0 aliphatic rings. The van der Waals surface area contributed by atoms with E-state index >= 15 is 0 Å². The third-order valence-corrected chi connectivity index (χ3v) is 6.55. The van der Waals surface area contributed by atoms with Crippen molar-refractivity contribution < 1.29 is 4.79 Å². The van der Waals surface area contributed by atoms with Crippen molar-refractivity contribution in [3.05, 3.63) is 80.1 Å². The minimum absolute atomic E-state index is 0.133. The highest BCUT2D eigenvalue weighted by molar-refractivity contribution is 7.98. The Labute approximate surface area is 185 Å². The molecule has 4 aromatic rings. The van der Waals surface area contributed by atoms with Crippen molar-refractivity contribution in [2.75, 3.05) is 6.54 Å². The summed E-state index contributed by atoms with van der Waals surface area (Å²) < 4.78 is 2.58. The molecule has 3 heterocycles. The molecule has 0 fully saturated rings. The molecule has 0 atom stereocenters. The second-order valence-electron chi connectivity index (χ2n) is 6.46. The van der Waals surface area contributed by atoms with E-state index in [1.807, 2.05) is 41.8 Å². The molecule has 0 spiro atoms. The Balaban J connectivity index is 1.43. The first kappa shape index (κ1) is 20.6. The van der Waals surface area contributed by atoms with E-state index in [0.717, 1.165) is 12.0 Å². The van der Waals surface area contributed by atoms with Gasteiger partial charge in [0.15, 0.2) is 5.65 Å². The number of hydrogen-bond donors (Lipinski definition) is 1. The fraction of sp³-hybridized carbons (Fsp3) is 0.200. The van der Waals surface area contributed by atoms with Gasteiger partial charge in [-0.05, 0) is 35.6 Å². The van der Waals surface area contributed by atoms with Gasteiger partial charge in [0.2, 0.25) is 5.91 Å². The van der Waals surface area contributed by atoms with E-state index in [0.29, 0.717) is 28.0 Å². The summed E-state index contributed by atoms with van der Waals surface area (Å²) in [7, 11) is 0. The number of thioether (sulfide) groups is 1. The lowest BCUT2D eigenvalue weighted by atomic mass is 10.2. The van der Waals surface area contributed by atoms with Crippen LogP contribution in [-0.4, -0.2) is 31.6 Å². The van der Waals surface area contributed by atoms with Gasteiger partial charge in [0.05, 0.1) is 0 Å². The maximum atomic E-state index is 12.6. The largest absolute Gasteiger partial charge is 0.354 e. The average molecular weight is 460 g/mol. The van der Waals surface area contributed by atoms with E-state index < -0.39 is 0 Å². The van der Waals surface area contributed by atoms with Gasteiger partial charge in [-0.1, -0.05) is 41.6 Å². The van der Waals surface area contributed by atoms with Crippen molar-refractivity contribution in [3.8, 4) is 0 Å². The summed E-state index contributed by atoms with van der Waals surface area (Å²) in [5, 5.41) is 10.5. The molecule has 30 heavy (non-hydrogen) atoms. The summed E-state index contributed by atoms with van der Waals surface area (Å²) in [6.45, 7) is 0.386. The van der Waals surface area contributed by atoms with Gasteiger partial charge in [0.25, 0.3) is 0 Å². The van der Waals surface area contributed by atoms with Crippen LogP contribution in [0.15, 0.2) is 64.0 Å². The molecule has 10 heteroatoms. The Morgan fingerprint density at radius 1 is 1.23 bits per heavy atom. The molecule has 4 rings (SSSR count). The first-order valence-corrected chi connectivity index (χ1v) is 11.4. The summed E-state index contributed by atoms with van der Waals surface area (Å²) in [6, 6.07) is 11.6. The number of carbonyl (C=O) groups excluding carboxylic acids is 1. The highest BCUT2D eigenvalue weighted by Crippen LogP contribution is 2.24. The smallest absolute Gasteiger partial charge is 0.350 e. The van der Waals surface area contributed by atoms with Gasteiger partial charge < -0.3 is 5.32 Å². The van der Waals surface area contributed by atoms with Crippen LogP contribution in [0.3, 0.4) is 0 Å². The van der Waals surface area contributed by atoms with Gasteiger partial charge in [-0.15, -0.1) is 16.4 Å². The minimum atomic E-state index is -0.367. The number of benzene rings is 1. The van der Waals surface area contributed by atoms with Crippen LogP contribution in [0.1, 0.15) is 10.4 Å². The fourth-order valence-electron chi connectivity index (χ4n) is 2.83. The second-order valence-corrected chi connectivity index (χ2v) is 8.89. The van der Waals surface area contributed by atoms with Crippen LogP contribution < -0.4 is 11.0 Å².